The van der Waals surface area contributed by atoms with Crippen molar-refractivity contribution in [1.29, 1.82) is 0 Å². The van der Waals surface area contributed by atoms with Crippen LogP contribution in [-0.2, 0) is 4.74 Å². The van der Waals surface area contributed by atoms with E-state index in [0.29, 0.717) is 19.2 Å². The van der Waals surface area contributed by atoms with Crippen LogP contribution in [0.2, 0.25) is 0 Å². The second kappa shape index (κ2) is 6.27. The molecule has 0 radical (unpaired) electrons. The van der Waals surface area contributed by atoms with Gasteiger partial charge in [0.05, 0.1) is 24.3 Å². The highest BCUT2D eigenvalue weighted by Gasteiger charge is 2.40. The van der Waals surface area contributed by atoms with Crippen LogP contribution in [-0.4, -0.2) is 51.4 Å². The number of morpholine rings is 1. The lowest BCUT2D eigenvalue weighted by Crippen LogP contribution is -2.51. The van der Waals surface area contributed by atoms with Crippen LogP contribution in [0.15, 0.2) is 10.6 Å². The fraction of sp³-hybridized carbons (Fsp3) is 0.438. The molecule has 1 saturated heterocycles. The number of nitrogens with zero attached hydrogens (tertiary/aromatic N) is 3. The van der Waals surface area contributed by atoms with Gasteiger partial charge >= 0.3 is 0 Å². The standard InChI is InChI=1S/C16H14F3N3O4/c17-8-6-7(11(18)13(23)12(8)19)15-20-14(21-26-15)16(24)22-4-5-25-10-3-1-2-9(10)22/h6,9-10,23H,1-5H2. The second-order valence-corrected chi connectivity index (χ2v) is 6.21. The van der Waals surface area contributed by atoms with Crippen molar-refractivity contribution in [3.8, 4) is 17.2 Å². The summed E-state index contributed by atoms with van der Waals surface area (Å²) >= 11 is 0. The highest BCUT2D eigenvalue weighted by atomic mass is 19.2. The Kier molecular flexibility index (Phi) is 4.06. The number of ether oxygens (including phenoxy) is 1. The predicted octanol–water partition coefficient (Wildman–Crippen LogP) is 2.25. The number of rotatable bonds is 2. The van der Waals surface area contributed by atoms with Gasteiger partial charge in [0.15, 0.2) is 17.4 Å². The van der Waals surface area contributed by atoms with E-state index < -0.39 is 40.6 Å². The molecule has 1 aliphatic heterocycles. The van der Waals surface area contributed by atoms with Crippen LogP contribution in [0.3, 0.4) is 0 Å². The molecular formula is C16H14F3N3O4. The zero-order valence-electron chi connectivity index (χ0n) is 13.4. The summed E-state index contributed by atoms with van der Waals surface area (Å²) in [5.41, 5.74) is -0.631. The van der Waals surface area contributed by atoms with E-state index >= 15 is 0 Å². The minimum atomic E-state index is -1.72. The van der Waals surface area contributed by atoms with Gasteiger partial charge in [-0.15, -0.1) is 0 Å². The Morgan fingerprint density at radius 3 is 2.88 bits per heavy atom. The Balaban J connectivity index is 1.63. The molecule has 0 bridgehead atoms. The molecule has 2 aliphatic rings. The Bertz CT molecular complexity index is 873. The van der Waals surface area contributed by atoms with Crippen molar-refractivity contribution >= 4 is 5.91 Å². The van der Waals surface area contributed by atoms with Gasteiger partial charge in [-0.2, -0.15) is 9.37 Å². The maximum absolute atomic E-state index is 14.0. The maximum atomic E-state index is 14.0. The zero-order valence-corrected chi connectivity index (χ0v) is 13.4. The molecule has 10 heteroatoms. The van der Waals surface area contributed by atoms with Crippen LogP contribution in [0.1, 0.15) is 29.9 Å². The minimum absolute atomic E-state index is 0.0281. The number of hydrogen-bond donors (Lipinski definition) is 1. The molecule has 2 aromatic rings. The molecule has 2 fully saturated rings. The van der Waals surface area contributed by atoms with E-state index in [1.165, 1.54) is 0 Å². The minimum Gasteiger partial charge on any atom is -0.503 e. The topological polar surface area (TPSA) is 88.7 Å². The molecule has 26 heavy (non-hydrogen) atoms. The first kappa shape index (κ1) is 16.8. The van der Waals surface area contributed by atoms with E-state index in [9.17, 15) is 23.1 Å². The van der Waals surface area contributed by atoms with Gasteiger partial charge in [0.25, 0.3) is 17.6 Å². The summed E-state index contributed by atoms with van der Waals surface area (Å²) in [5, 5.41) is 12.8. The Hall–Kier alpha value is -2.62. The van der Waals surface area contributed by atoms with Gasteiger partial charge < -0.3 is 19.3 Å². The van der Waals surface area contributed by atoms with E-state index in [0.717, 1.165) is 19.3 Å². The SMILES string of the molecule is O=C(c1noc(-c2cc(F)c(F)c(O)c2F)n1)N1CCOC2CCCC21. The Labute approximate surface area is 145 Å². The lowest BCUT2D eigenvalue weighted by atomic mass is 10.1. The number of aromatic nitrogens is 2. The van der Waals surface area contributed by atoms with Crippen LogP contribution >= 0.6 is 0 Å². The maximum Gasteiger partial charge on any atom is 0.295 e. The summed E-state index contributed by atoms with van der Waals surface area (Å²) in [6.45, 7) is 0.757. The van der Waals surface area contributed by atoms with E-state index in [4.69, 9.17) is 9.26 Å². The van der Waals surface area contributed by atoms with Gasteiger partial charge in [0, 0.05) is 6.54 Å². The summed E-state index contributed by atoms with van der Waals surface area (Å²) in [6, 6.07) is 0.399. The molecule has 2 atom stereocenters. The monoisotopic (exact) mass is 369 g/mol. The zero-order chi connectivity index (χ0) is 18.4. The normalized spacial score (nSPS) is 22.5. The number of hydrogen-bond acceptors (Lipinski definition) is 6. The highest BCUT2D eigenvalue weighted by Crippen LogP contribution is 2.33. The number of aromatic hydroxyl groups is 1. The average molecular weight is 369 g/mol. The van der Waals surface area contributed by atoms with Crippen LogP contribution in [0, 0.1) is 17.5 Å². The molecule has 4 rings (SSSR count). The van der Waals surface area contributed by atoms with Crippen molar-refractivity contribution < 1.29 is 32.3 Å². The molecule has 1 N–H and O–H groups in total. The first-order valence-corrected chi connectivity index (χ1v) is 8.10. The van der Waals surface area contributed by atoms with E-state index in [2.05, 4.69) is 10.1 Å². The van der Waals surface area contributed by atoms with Crippen molar-refractivity contribution in [1.82, 2.24) is 15.0 Å². The molecule has 1 amide bonds. The summed E-state index contributed by atoms with van der Waals surface area (Å²) < 4.78 is 51.0. The summed E-state index contributed by atoms with van der Waals surface area (Å²) in [5.74, 6) is -7.50. The van der Waals surface area contributed by atoms with E-state index in [1.54, 1.807) is 4.90 Å². The number of halogens is 3. The first-order valence-electron chi connectivity index (χ1n) is 8.10. The molecular weight excluding hydrogens is 355 g/mol. The molecule has 138 valence electrons. The second-order valence-electron chi connectivity index (χ2n) is 6.21. The lowest BCUT2D eigenvalue weighted by molar-refractivity contribution is -0.0450. The van der Waals surface area contributed by atoms with Crippen molar-refractivity contribution in [2.75, 3.05) is 13.2 Å². The first-order chi connectivity index (χ1) is 12.5. The van der Waals surface area contributed by atoms with E-state index in [-0.39, 0.29) is 18.0 Å². The van der Waals surface area contributed by atoms with Crippen LogP contribution in [0.25, 0.3) is 11.5 Å². The highest BCUT2D eigenvalue weighted by molar-refractivity contribution is 5.91. The van der Waals surface area contributed by atoms with E-state index in [1.807, 2.05) is 0 Å². The lowest BCUT2D eigenvalue weighted by Gasteiger charge is -2.36. The molecule has 1 aliphatic carbocycles. The molecule has 2 unspecified atom stereocenters. The average Bonchev–Trinajstić information content (AvgIpc) is 3.31. The van der Waals surface area contributed by atoms with Gasteiger partial charge in [-0.3, -0.25) is 4.79 Å². The third-order valence-corrected chi connectivity index (χ3v) is 4.72. The molecule has 7 nitrogen and oxygen atoms in total. The number of carbonyl (C=O) groups excluding carboxylic acids is 1. The number of carbonyl (C=O) groups is 1. The molecule has 2 heterocycles. The number of benzene rings is 1. The fourth-order valence-electron chi connectivity index (χ4n) is 3.47. The van der Waals surface area contributed by atoms with Crippen molar-refractivity contribution in [3.05, 3.63) is 29.3 Å². The smallest absolute Gasteiger partial charge is 0.295 e. The van der Waals surface area contributed by atoms with Crippen molar-refractivity contribution in [2.45, 2.75) is 31.4 Å². The van der Waals surface area contributed by atoms with Gasteiger partial charge in [-0.25, -0.2) is 8.78 Å². The number of phenolic OH excluding ortho intramolecular Hbond substituents is 1. The van der Waals surface area contributed by atoms with Crippen molar-refractivity contribution in [2.24, 2.45) is 0 Å². The fourth-order valence-corrected chi connectivity index (χ4v) is 3.47. The summed E-state index contributed by atoms with van der Waals surface area (Å²) in [6.07, 6.45) is 2.58. The Morgan fingerprint density at radius 2 is 2.08 bits per heavy atom. The number of fused-ring (bicyclic) bond motifs is 1. The molecule has 1 aromatic heterocycles. The van der Waals surface area contributed by atoms with Gasteiger partial charge in [-0.1, -0.05) is 5.16 Å². The molecule has 1 aromatic carbocycles. The third-order valence-electron chi connectivity index (χ3n) is 4.72. The number of phenols is 1. The van der Waals surface area contributed by atoms with Crippen LogP contribution < -0.4 is 0 Å². The van der Waals surface area contributed by atoms with Crippen LogP contribution in [0.5, 0.6) is 5.75 Å². The van der Waals surface area contributed by atoms with Gasteiger partial charge in [0.2, 0.25) is 5.82 Å². The Morgan fingerprint density at radius 1 is 1.27 bits per heavy atom. The summed E-state index contributed by atoms with van der Waals surface area (Å²) in [7, 11) is 0. The quantitative estimate of drug-likeness (QED) is 0.817. The third kappa shape index (κ3) is 2.61. The molecule has 0 spiro atoms. The van der Waals surface area contributed by atoms with Crippen molar-refractivity contribution in [3.63, 3.8) is 0 Å². The van der Waals surface area contributed by atoms with Gasteiger partial charge in [0.1, 0.15) is 0 Å². The van der Waals surface area contributed by atoms with Crippen LogP contribution in [0.4, 0.5) is 13.2 Å². The predicted molar refractivity (Wildman–Crippen MR) is 79.7 cm³/mol. The molecule has 1 saturated carbocycles. The van der Waals surface area contributed by atoms with Gasteiger partial charge in [-0.05, 0) is 25.3 Å². The largest absolute Gasteiger partial charge is 0.503 e. The number of amides is 1. The summed E-state index contributed by atoms with van der Waals surface area (Å²) in [4.78, 5) is 18.1.